The van der Waals surface area contributed by atoms with Crippen molar-refractivity contribution < 1.29 is 23.4 Å². The standard InChI is InChI=1S/C15H15NO5S2/c1-9-6-12(15(18)19)14(17)13(7-9)23(20,21)16-10-4-3-5-11(8-10)22-2/h3-8,16-17H,1-2H3,(H,18,19). The largest absolute Gasteiger partial charge is 0.506 e. The molecule has 122 valence electrons. The highest BCUT2D eigenvalue weighted by atomic mass is 32.2. The van der Waals surface area contributed by atoms with Gasteiger partial charge in [-0.15, -0.1) is 11.8 Å². The summed E-state index contributed by atoms with van der Waals surface area (Å²) < 4.78 is 27.3. The number of phenols is 1. The van der Waals surface area contributed by atoms with Crippen LogP contribution in [-0.4, -0.2) is 30.9 Å². The Bertz CT molecular complexity index is 862. The molecule has 0 spiro atoms. The van der Waals surface area contributed by atoms with E-state index in [1.54, 1.807) is 25.1 Å². The molecule has 0 fully saturated rings. The fraction of sp³-hybridized carbons (Fsp3) is 0.133. The van der Waals surface area contributed by atoms with Crippen LogP contribution in [0.5, 0.6) is 5.75 Å². The van der Waals surface area contributed by atoms with Crippen LogP contribution in [-0.2, 0) is 10.0 Å². The zero-order valence-corrected chi connectivity index (χ0v) is 14.0. The van der Waals surface area contributed by atoms with E-state index in [-0.39, 0.29) is 0 Å². The van der Waals surface area contributed by atoms with Gasteiger partial charge in [0.15, 0.2) is 5.75 Å². The van der Waals surface area contributed by atoms with E-state index in [9.17, 15) is 18.3 Å². The van der Waals surface area contributed by atoms with Gasteiger partial charge >= 0.3 is 5.97 Å². The first kappa shape index (κ1) is 17.2. The van der Waals surface area contributed by atoms with Crippen molar-refractivity contribution in [3.63, 3.8) is 0 Å². The Kier molecular flexibility index (Phi) is 4.86. The van der Waals surface area contributed by atoms with Crippen LogP contribution in [0.1, 0.15) is 15.9 Å². The van der Waals surface area contributed by atoms with Crippen molar-refractivity contribution in [2.75, 3.05) is 11.0 Å². The van der Waals surface area contributed by atoms with Gasteiger partial charge in [-0.1, -0.05) is 6.07 Å². The Morgan fingerprint density at radius 1 is 1.22 bits per heavy atom. The van der Waals surface area contributed by atoms with Crippen LogP contribution in [0.15, 0.2) is 46.2 Å². The number of thioether (sulfide) groups is 1. The summed E-state index contributed by atoms with van der Waals surface area (Å²) in [4.78, 5) is 11.5. The quantitative estimate of drug-likeness (QED) is 0.714. The average molecular weight is 353 g/mol. The SMILES string of the molecule is CSc1cccc(NS(=O)(=O)c2cc(C)cc(C(=O)O)c2O)c1. The minimum absolute atomic E-state index is 0.328. The predicted octanol–water partition coefficient (Wildman–Crippen LogP) is 2.92. The second-order valence-corrected chi connectivity index (χ2v) is 7.33. The Labute approximate surface area is 138 Å². The molecule has 0 radical (unpaired) electrons. The second kappa shape index (κ2) is 6.51. The molecule has 0 bridgehead atoms. The van der Waals surface area contributed by atoms with Crippen LogP contribution >= 0.6 is 11.8 Å². The van der Waals surface area contributed by atoms with Crippen LogP contribution in [0.2, 0.25) is 0 Å². The van der Waals surface area contributed by atoms with Crippen LogP contribution < -0.4 is 4.72 Å². The number of hydrogen-bond acceptors (Lipinski definition) is 5. The van der Waals surface area contributed by atoms with Crippen LogP contribution in [0.3, 0.4) is 0 Å². The van der Waals surface area contributed by atoms with Gasteiger partial charge < -0.3 is 10.2 Å². The molecule has 0 aliphatic heterocycles. The number of carbonyl (C=O) groups is 1. The number of benzene rings is 2. The van der Waals surface area contributed by atoms with Crippen LogP contribution in [0.4, 0.5) is 5.69 Å². The number of rotatable bonds is 5. The van der Waals surface area contributed by atoms with E-state index in [1.807, 2.05) is 12.3 Å². The number of aromatic hydroxyl groups is 1. The molecule has 0 atom stereocenters. The lowest BCUT2D eigenvalue weighted by Gasteiger charge is -2.12. The topological polar surface area (TPSA) is 104 Å². The van der Waals surface area contributed by atoms with Crippen molar-refractivity contribution in [2.45, 2.75) is 16.7 Å². The molecule has 3 N–H and O–H groups in total. The van der Waals surface area contributed by atoms with E-state index < -0.39 is 32.2 Å². The van der Waals surface area contributed by atoms with Crippen molar-refractivity contribution in [1.82, 2.24) is 0 Å². The first-order valence-electron chi connectivity index (χ1n) is 6.48. The van der Waals surface area contributed by atoms with Gasteiger partial charge in [0, 0.05) is 10.6 Å². The Morgan fingerprint density at radius 2 is 1.91 bits per heavy atom. The Morgan fingerprint density at radius 3 is 2.52 bits per heavy atom. The molecule has 0 aliphatic carbocycles. The molecule has 0 saturated heterocycles. The summed E-state index contributed by atoms with van der Waals surface area (Å²) in [6.07, 6.45) is 1.86. The molecule has 2 aromatic rings. The summed E-state index contributed by atoms with van der Waals surface area (Å²) in [6.45, 7) is 1.55. The first-order chi connectivity index (χ1) is 10.7. The van der Waals surface area contributed by atoms with Gasteiger partial charge in [-0.3, -0.25) is 4.72 Å². The van der Waals surface area contributed by atoms with Gasteiger partial charge in [0.1, 0.15) is 10.5 Å². The molecule has 6 nitrogen and oxygen atoms in total. The number of nitrogens with one attached hydrogen (secondary N) is 1. The highest BCUT2D eigenvalue weighted by Crippen LogP contribution is 2.30. The molecule has 2 rings (SSSR count). The summed E-state index contributed by atoms with van der Waals surface area (Å²) >= 11 is 1.45. The lowest BCUT2D eigenvalue weighted by atomic mass is 10.1. The summed E-state index contributed by atoms with van der Waals surface area (Å²) in [5.74, 6) is -2.18. The number of anilines is 1. The van der Waals surface area contributed by atoms with Crippen molar-refractivity contribution in [2.24, 2.45) is 0 Å². The fourth-order valence-electron chi connectivity index (χ4n) is 2.01. The number of aryl methyl sites for hydroxylation is 1. The molecule has 0 saturated carbocycles. The molecule has 0 aliphatic rings. The molecule has 0 unspecified atom stereocenters. The average Bonchev–Trinajstić information content (AvgIpc) is 2.48. The van der Waals surface area contributed by atoms with Crippen molar-refractivity contribution in [1.29, 1.82) is 0 Å². The van der Waals surface area contributed by atoms with E-state index in [4.69, 9.17) is 5.11 Å². The maximum Gasteiger partial charge on any atom is 0.339 e. The van der Waals surface area contributed by atoms with E-state index in [1.165, 1.54) is 23.9 Å². The number of aromatic carboxylic acids is 1. The van der Waals surface area contributed by atoms with Gasteiger partial charge in [-0.2, -0.15) is 0 Å². The molecule has 23 heavy (non-hydrogen) atoms. The minimum atomic E-state index is -4.12. The minimum Gasteiger partial charge on any atom is -0.506 e. The summed E-state index contributed by atoms with van der Waals surface area (Å²) in [6, 6.07) is 9.18. The summed E-state index contributed by atoms with van der Waals surface area (Å²) in [5, 5.41) is 19.1. The lowest BCUT2D eigenvalue weighted by Crippen LogP contribution is -2.14. The second-order valence-electron chi connectivity index (χ2n) is 4.80. The van der Waals surface area contributed by atoms with E-state index >= 15 is 0 Å². The predicted molar refractivity (Wildman–Crippen MR) is 88.8 cm³/mol. The van der Waals surface area contributed by atoms with Gasteiger partial charge in [-0.05, 0) is 49.1 Å². The first-order valence-corrected chi connectivity index (χ1v) is 9.19. The molecule has 0 amide bonds. The molecular formula is C15H15NO5S2. The lowest BCUT2D eigenvalue weighted by molar-refractivity contribution is 0.0693. The third-order valence-corrected chi connectivity index (χ3v) is 5.18. The van der Waals surface area contributed by atoms with E-state index in [0.29, 0.717) is 11.3 Å². The Balaban J connectivity index is 2.49. The zero-order chi connectivity index (χ0) is 17.2. The maximum atomic E-state index is 12.5. The Hall–Kier alpha value is -2.19. The van der Waals surface area contributed by atoms with Gasteiger partial charge in [0.25, 0.3) is 10.0 Å². The summed E-state index contributed by atoms with van der Waals surface area (Å²) in [5.41, 5.74) is 0.288. The third kappa shape index (κ3) is 3.77. The maximum absolute atomic E-state index is 12.5. The fourth-order valence-corrected chi connectivity index (χ4v) is 3.72. The highest BCUT2D eigenvalue weighted by Gasteiger charge is 2.24. The highest BCUT2D eigenvalue weighted by molar-refractivity contribution is 7.98. The number of sulfonamides is 1. The zero-order valence-electron chi connectivity index (χ0n) is 12.4. The molecule has 8 heteroatoms. The molecule has 2 aromatic carbocycles. The molecule has 0 aromatic heterocycles. The normalized spacial score (nSPS) is 11.2. The van der Waals surface area contributed by atoms with E-state index in [0.717, 1.165) is 4.90 Å². The van der Waals surface area contributed by atoms with E-state index in [2.05, 4.69) is 4.72 Å². The summed E-state index contributed by atoms with van der Waals surface area (Å²) in [7, 11) is -4.12. The number of carboxylic acids is 1. The number of hydrogen-bond donors (Lipinski definition) is 3. The van der Waals surface area contributed by atoms with Gasteiger partial charge in [-0.25, -0.2) is 13.2 Å². The van der Waals surface area contributed by atoms with Crippen LogP contribution in [0.25, 0.3) is 0 Å². The van der Waals surface area contributed by atoms with Crippen molar-refractivity contribution in [3.05, 3.63) is 47.5 Å². The smallest absolute Gasteiger partial charge is 0.339 e. The van der Waals surface area contributed by atoms with Gasteiger partial charge in [0.2, 0.25) is 0 Å². The van der Waals surface area contributed by atoms with Crippen LogP contribution in [0, 0.1) is 6.92 Å². The van der Waals surface area contributed by atoms with Crippen molar-refractivity contribution >= 4 is 33.4 Å². The molecular weight excluding hydrogens is 338 g/mol. The van der Waals surface area contributed by atoms with Crippen molar-refractivity contribution in [3.8, 4) is 5.75 Å². The molecule has 0 heterocycles. The number of carboxylic acid groups (broad SMARTS) is 1. The monoisotopic (exact) mass is 353 g/mol. The van der Waals surface area contributed by atoms with Gasteiger partial charge in [0.05, 0.1) is 0 Å². The third-order valence-electron chi connectivity index (χ3n) is 3.06.